The minimum Gasteiger partial charge on any atom is -0.399 e. The number of piperidine rings is 1. The van der Waals surface area contributed by atoms with Crippen molar-refractivity contribution in [2.24, 2.45) is 5.92 Å². The highest BCUT2D eigenvalue weighted by molar-refractivity contribution is 5.85. The number of nitrogens with two attached hydrogens (primary N) is 1. The van der Waals surface area contributed by atoms with E-state index in [1.165, 1.54) is 25.9 Å². The van der Waals surface area contributed by atoms with Gasteiger partial charge in [-0.15, -0.1) is 24.8 Å². The van der Waals surface area contributed by atoms with Crippen LogP contribution in [0.15, 0.2) is 24.3 Å². The third kappa shape index (κ3) is 7.91. The minimum absolute atomic E-state index is 0. The molecule has 1 aromatic rings. The Balaban J connectivity index is 0.00000242. The number of halogens is 2. The lowest BCUT2D eigenvalue weighted by Gasteiger charge is -2.28. The number of hydrogen-bond donors (Lipinski definition) is 2. The van der Waals surface area contributed by atoms with E-state index in [1.54, 1.807) is 0 Å². The Morgan fingerprint density at radius 1 is 1.26 bits per heavy atom. The molecule has 1 aromatic carbocycles. The number of amides is 1. The standard InChI is InChI=1S/C17H27N3O.2ClH/c1-20-12-9-14(10-13-20)8-11-19-17(21)7-6-15-4-2-3-5-16(15)18;;/h2-5,14H,6-13,18H2,1H3,(H,19,21);2*1H. The lowest BCUT2D eigenvalue weighted by molar-refractivity contribution is -0.121. The Bertz CT molecular complexity index is 463. The Morgan fingerprint density at radius 3 is 2.57 bits per heavy atom. The maximum absolute atomic E-state index is 11.9. The summed E-state index contributed by atoms with van der Waals surface area (Å²) in [5, 5.41) is 3.04. The normalized spacial score (nSPS) is 15.3. The lowest BCUT2D eigenvalue weighted by Crippen LogP contribution is -2.32. The number of carbonyl (C=O) groups excluding carboxylic acids is 1. The van der Waals surface area contributed by atoms with E-state index in [9.17, 15) is 4.79 Å². The highest BCUT2D eigenvalue weighted by Crippen LogP contribution is 2.18. The van der Waals surface area contributed by atoms with Gasteiger partial charge in [-0.25, -0.2) is 0 Å². The topological polar surface area (TPSA) is 58.4 Å². The van der Waals surface area contributed by atoms with Crippen LogP contribution in [0, 0.1) is 5.92 Å². The van der Waals surface area contributed by atoms with Crippen molar-refractivity contribution >= 4 is 36.4 Å². The van der Waals surface area contributed by atoms with Gasteiger partial charge >= 0.3 is 0 Å². The van der Waals surface area contributed by atoms with Crippen LogP contribution in [-0.4, -0.2) is 37.5 Å². The van der Waals surface area contributed by atoms with Gasteiger partial charge in [-0.05, 0) is 63.4 Å². The number of aryl methyl sites for hydroxylation is 1. The summed E-state index contributed by atoms with van der Waals surface area (Å²) in [5.74, 6) is 0.900. The first-order valence-corrected chi connectivity index (χ1v) is 7.94. The number of nitrogen functional groups attached to an aromatic ring is 1. The van der Waals surface area contributed by atoms with Crippen LogP contribution in [0.1, 0.15) is 31.2 Å². The number of anilines is 1. The summed E-state index contributed by atoms with van der Waals surface area (Å²) in [6.07, 6.45) is 4.85. The molecule has 0 saturated carbocycles. The molecular formula is C17H29Cl2N3O. The van der Waals surface area contributed by atoms with Gasteiger partial charge in [0.15, 0.2) is 0 Å². The van der Waals surface area contributed by atoms with E-state index >= 15 is 0 Å². The number of carbonyl (C=O) groups is 1. The van der Waals surface area contributed by atoms with E-state index in [0.717, 1.165) is 30.1 Å². The minimum atomic E-state index is 0. The van der Waals surface area contributed by atoms with Crippen LogP contribution in [0.2, 0.25) is 0 Å². The number of benzene rings is 1. The predicted octanol–water partition coefficient (Wildman–Crippen LogP) is 2.89. The van der Waals surface area contributed by atoms with E-state index in [0.29, 0.717) is 12.8 Å². The van der Waals surface area contributed by atoms with Crippen molar-refractivity contribution in [3.63, 3.8) is 0 Å². The van der Waals surface area contributed by atoms with Crippen molar-refractivity contribution in [1.82, 2.24) is 10.2 Å². The molecule has 2 rings (SSSR count). The average molecular weight is 362 g/mol. The van der Waals surface area contributed by atoms with Crippen molar-refractivity contribution in [3.05, 3.63) is 29.8 Å². The average Bonchev–Trinajstić information content (AvgIpc) is 2.48. The summed E-state index contributed by atoms with van der Waals surface area (Å²) >= 11 is 0. The molecule has 23 heavy (non-hydrogen) atoms. The molecule has 0 radical (unpaired) electrons. The fraction of sp³-hybridized carbons (Fsp3) is 0.588. The van der Waals surface area contributed by atoms with Crippen LogP contribution < -0.4 is 11.1 Å². The quantitative estimate of drug-likeness (QED) is 0.765. The Hall–Kier alpha value is -0.970. The molecule has 1 amide bonds. The predicted molar refractivity (Wildman–Crippen MR) is 102 cm³/mol. The molecule has 132 valence electrons. The maximum atomic E-state index is 11.9. The van der Waals surface area contributed by atoms with Crippen molar-refractivity contribution in [2.75, 3.05) is 32.4 Å². The van der Waals surface area contributed by atoms with Gasteiger partial charge in [0.1, 0.15) is 0 Å². The van der Waals surface area contributed by atoms with Crippen molar-refractivity contribution in [2.45, 2.75) is 32.1 Å². The number of para-hydroxylation sites is 1. The molecule has 0 unspecified atom stereocenters. The van der Waals surface area contributed by atoms with Crippen molar-refractivity contribution in [3.8, 4) is 0 Å². The third-order valence-corrected chi connectivity index (χ3v) is 4.39. The van der Waals surface area contributed by atoms with Crippen LogP contribution in [0.5, 0.6) is 0 Å². The maximum Gasteiger partial charge on any atom is 0.220 e. The number of hydrogen-bond acceptors (Lipinski definition) is 3. The van der Waals surface area contributed by atoms with Crippen LogP contribution in [0.4, 0.5) is 5.69 Å². The van der Waals surface area contributed by atoms with Gasteiger partial charge in [-0.2, -0.15) is 0 Å². The third-order valence-electron chi connectivity index (χ3n) is 4.39. The summed E-state index contributed by atoms with van der Waals surface area (Å²) in [6.45, 7) is 3.18. The fourth-order valence-electron chi connectivity index (χ4n) is 2.86. The number of rotatable bonds is 6. The fourth-order valence-corrected chi connectivity index (χ4v) is 2.86. The van der Waals surface area contributed by atoms with Crippen LogP contribution in [0.25, 0.3) is 0 Å². The molecule has 1 aliphatic rings. The summed E-state index contributed by atoms with van der Waals surface area (Å²) in [6, 6.07) is 7.75. The molecule has 1 fully saturated rings. The second kappa shape index (κ2) is 11.5. The summed E-state index contributed by atoms with van der Waals surface area (Å²) in [5.41, 5.74) is 7.71. The van der Waals surface area contributed by atoms with E-state index in [2.05, 4.69) is 17.3 Å². The number of likely N-dealkylation sites (tertiary alicyclic amines) is 1. The molecule has 3 N–H and O–H groups in total. The zero-order chi connectivity index (χ0) is 15.1. The Morgan fingerprint density at radius 2 is 1.91 bits per heavy atom. The lowest BCUT2D eigenvalue weighted by atomic mass is 9.94. The molecule has 6 heteroatoms. The molecule has 1 aliphatic heterocycles. The van der Waals surface area contributed by atoms with Gasteiger partial charge in [0.2, 0.25) is 5.91 Å². The molecule has 4 nitrogen and oxygen atoms in total. The molecule has 1 saturated heterocycles. The molecule has 0 aliphatic carbocycles. The largest absolute Gasteiger partial charge is 0.399 e. The first-order valence-electron chi connectivity index (χ1n) is 7.94. The van der Waals surface area contributed by atoms with Crippen LogP contribution in [0.3, 0.4) is 0 Å². The molecule has 1 heterocycles. The zero-order valence-electron chi connectivity index (χ0n) is 13.8. The van der Waals surface area contributed by atoms with E-state index in [1.807, 2.05) is 24.3 Å². The Labute approximate surface area is 152 Å². The first-order chi connectivity index (χ1) is 10.1. The molecular weight excluding hydrogens is 333 g/mol. The van der Waals surface area contributed by atoms with Gasteiger partial charge in [0.05, 0.1) is 0 Å². The second-order valence-corrected chi connectivity index (χ2v) is 6.08. The summed E-state index contributed by atoms with van der Waals surface area (Å²) in [4.78, 5) is 14.2. The van der Waals surface area contributed by atoms with Gasteiger partial charge in [0, 0.05) is 18.7 Å². The highest BCUT2D eigenvalue weighted by atomic mass is 35.5. The van der Waals surface area contributed by atoms with E-state index in [-0.39, 0.29) is 30.7 Å². The summed E-state index contributed by atoms with van der Waals surface area (Å²) < 4.78 is 0. The smallest absolute Gasteiger partial charge is 0.220 e. The molecule has 0 aromatic heterocycles. The second-order valence-electron chi connectivity index (χ2n) is 6.08. The van der Waals surface area contributed by atoms with Gasteiger partial charge in [-0.1, -0.05) is 18.2 Å². The van der Waals surface area contributed by atoms with Gasteiger partial charge in [-0.3, -0.25) is 4.79 Å². The number of nitrogens with one attached hydrogen (secondary N) is 1. The molecule has 0 bridgehead atoms. The van der Waals surface area contributed by atoms with E-state index in [4.69, 9.17) is 5.73 Å². The van der Waals surface area contributed by atoms with E-state index < -0.39 is 0 Å². The zero-order valence-corrected chi connectivity index (χ0v) is 15.4. The Kier molecular flexibility index (Phi) is 11.1. The van der Waals surface area contributed by atoms with Gasteiger partial charge < -0.3 is 16.0 Å². The first kappa shape index (κ1) is 22.0. The summed E-state index contributed by atoms with van der Waals surface area (Å²) in [7, 11) is 2.17. The van der Waals surface area contributed by atoms with Crippen molar-refractivity contribution in [1.29, 1.82) is 0 Å². The van der Waals surface area contributed by atoms with Gasteiger partial charge in [0.25, 0.3) is 0 Å². The SMILES string of the molecule is CN1CCC(CCNC(=O)CCc2ccccc2N)CC1.Cl.Cl. The van der Waals surface area contributed by atoms with Crippen LogP contribution in [-0.2, 0) is 11.2 Å². The van der Waals surface area contributed by atoms with Crippen molar-refractivity contribution < 1.29 is 4.79 Å². The monoisotopic (exact) mass is 361 g/mol. The molecule has 0 atom stereocenters. The number of nitrogens with zero attached hydrogens (tertiary/aromatic N) is 1. The highest BCUT2D eigenvalue weighted by Gasteiger charge is 2.16. The van der Waals surface area contributed by atoms with Crippen LogP contribution >= 0.6 is 24.8 Å². The molecule has 0 spiro atoms.